The maximum atomic E-state index is 13.4. The van der Waals surface area contributed by atoms with E-state index in [1.165, 1.54) is 7.11 Å². The van der Waals surface area contributed by atoms with Crippen molar-refractivity contribution in [1.29, 1.82) is 0 Å². The normalized spacial score (nSPS) is 13.8. The number of nitrogens with two attached hydrogens (primary N) is 1. The number of ether oxygens (including phenoxy) is 1. The first-order valence-electron chi connectivity index (χ1n) is 6.00. The summed E-state index contributed by atoms with van der Waals surface area (Å²) in [5.74, 6) is -2.74. The molecule has 6 heteroatoms. The lowest BCUT2D eigenvalue weighted by Gasteiger charge is -2.18. The van der Waals surface area contributed by atoms with Crippen molar-refractivity contribution < 1.29 is 18.3 Å². The van der Waals surface area contributed by atoms with Crippen LogP contribution in [-0.2, 0) is 4.79 Å². The molecule has 1 aromatic carbocycles. The molecule has 0 radical (unpaired) electrons. The van der Waals surface area contributed by atoms with Crippen LogP contribution in [0.1, 0.15) is 20.3 Å². The molecule has 0 bridgehead atoms. The topological polar surface area (TPSA) is 64.4 Å². The highest BCUT2D eigenvalue weighted by molar-refractivity contribution is 5.94. The third-order valence-electron chi connectivity index (χ3n) is 3.03. The average molecular weight is 272 g/mol. The van der Waals surface area contributed by atoms with E-state index in [1.54, 1.807) is 0 Å². The Balaban J connectivity index is 2.86. The number of methoxy groups -OCH3 is 1. The molecule has 106 valence electrons. The van der Waals surface area contributed by atoms with Gasteiger partial charge >= 0.3 is 0 Å². The lowest BCUT2D eigenvalue weighted by atomic mass is 9.99. The monoisotopic (exact) mass is 272 g/mol. The van der Waals surface area contributed by atoms with Crippen molar-refractivity contribution in [1.82, 2.24) is 0 Å². The highest BCUT2D eigenvalue weighted by Crippen LogP contribution is 2.25. The number of anilines is 1. The van der Waals surface area contributed by atoms with Gasteiger partial charge in [0.05, 0.1) is 13.2 Å². The number of halogens is 2. The molecule has 0 saturated heterocycles. The quantitative estimate of drug-likeness (QED) is 0.864. The van der Waals surface area contributed by atoms with E-state index < -0.39 is 29.3 Å². The second-order valence-corrected chi connectivity index (χ2v) is 4.37. The standard InChI is InChI=1S/C13H18F2N2O2/c1-4-7(2)11(16)13(18)17-8-5-9(14)12(19-3)10(15)6-8/h5-7,11H,4,16H2,1-3H3,(H,17,18). The van der Waals surface area contributed by atoms with E-state index in [0.29, 0.717) is 0 Å². The van der Waals surface area contributed by atoms with Gasteiger partial charge in [0.15, 0.2) is 17.4 Å². The van der Waals surface area contributed by atoms with Crippen LogP contribution in [0.3, 0.4) is 0 Å². The molecule has 2 atom stereocenters. The minimum atomic E-state index is -0.880. The molecule has 19 heavy (non-hydrogen) atoms. The van der Waals surface area contributed by atoms with Crippen molar-refractivity contribution in [2.45, 2.75) is 26.3 Å². The van der Waals surface area contributed by atoms with Crippen LogP contribution >= 0.6 is 0 Å². The molecule has 0 heterocycles. The Labute approximate surface area is 110 Å². The Morgan fingerprint density at radius 2 is 1.95 bits per heavy atom. The van der Waals surface area contributed by atoms with Crippen molar-refractivity contribution in [3.05, 3.63) is 23.8 Å². The van der Waals surface area contributed by atoms with Crippen molar-refractivity contribution in [2.75, 3.05) is 12.4 Å². The van der Waals surface area contributed by atoms with Gasteiger partial charge in [0.25, 0.3) is 0 Å². The molecule has 1 aromatic rings. The zero-order chi connectivity index (χ0) is 14.6. The van der Waals surface area contributed by atoms with Gasteiger partial charge in [0.2, 0.25) is 5.91 Å². The summed E-state index contributed by atoms with van der Waals surface area (Å²) in [4.78, 5) is 11.8. The molecule has 0 aliphatic heterocycles. The number of carbonyl (C=O) groups is 1. The summed E-state index contributed by atoms with van der Waals surface area (Å²) in [6.45, 7) is 3.74. The van der Waals surface area contributed by atoms with E-state index >= 15 is 0 Å². The van der Waals surface area contributed by atoms with Gasteiger partial charge in [-0.15, -0.1) is 0 Å². The lowest BCUT2D eigenvalue weighted by molar-refractivity contribution is -0.118. The number of benzene rings is 1. The molecule has 4 nitrogen and oxygen atoms in total. The molecule has 0 aliphatic rings. The van der Waals surface area contributed by atoms with E-state index in [2.05, 4.69) is 10.1 Å². The lowest BCUT2D eigenvalue weighted by Crippen LogP contribution is -2.40. The summed E-state index contributed by atoms with van der Waals surface area (Å²) >= 11 is 0. The van der Waals surface area contributed by atoms with Crippen LogP contribution < -0.4 is 15.8 Å². The van der Waals surface area contributed by atoms with Gasteiger partial charge in [-0.3, -0.25) is 4.79 Å². The van der Waals surface area contributed by atoms with Crippen molar-refractivity contribution in [3.8, 4) is 5.75 Å². The van der Waals surface area contributed by atoms with Crippen LogP contribution in [0.4, 0.5) is 14.5 Å². The SMILES string of the molecule is CCC(C)C(N)C(=O)Nc1cc(F)c(OC)c(F)c1. The van der Waals surface area contributed by atoms with Crippen LogP contribution in [-0.4, -0.2) is 19.1 Å². The average Bonchev–Trinajstić information content (AvgIpc) is 2.36. The van der Waals surface area contributed by atoms with Crippen molar-refractivity contribution in [3.63, 3.8) is 0 Å². The highest BCUT2D eigenvalue weighted by atomic mass is 19.1. The van der Waals surface area contributed by atoms with Gasteiger partial charge in [0.1, 0.15) is 0 Å². The Morgan fingerprint density at radius 3 is 2.37 bits per heavy atom. The molecule has 0 aliphatic carbocycles. The minimum absolute atomic E-state index is 0.0135. The number of carbonyl (C=O) groups excluding carboxylic acids is 1. The molecule has 0 aromatic heterocycles. The second-order valence-electron chi connectivity index (χ2n) is 4.37. The number of amides is 1. The van der Waals surface area contributed by atoms with Gasteiger partial charge in [0, 0.05) is 17.8 Å². The summed E-state index contributed by atoms with van der Waals surface area (Å²) in [6, 6.07) is 1.25. The van der Waals surface area contributed by atoms with Crippen LogP contribution in [0.2, 0.25) is 0 Å². The first-order valence-corrected chi connectivity index (χ1v) is 6.00. The van der Waals surface area contributed by atoms with E-state index in [9.17, 15) is 13.6 Å². The smallest absolute Gasteiger partial charge is 0.241 e. The molecule has 3 N–H and O–H groups in total. The fraction of sp³-hybridized carbons (Fsp3) is 0.462. The largest absolute Gasteiger partial charge is 0.491 e. The van der Waals surface area contributed by atoms with E-state index in [4.69, 9.17) is 5.73 Å². The Kier molecular flexibility index (Phi) is 5.23. The van der Waals surface area contributed by atoms with Gasteiger partial charge in [-0.2, -0.15) is 0 Å². The second kappa shape index (κ2) is 6.47. The summed E-state index contributed by atoms with van der Waals surface area (Å²) in [7, 11) is 1.17. The first-order chi connectivity index (χ1) is 8.90. The molecule has 1 amide bonds. The first kappa shape index (κ1) is 15.4. The third-order valence-corrected chi connectivity index (χ3v) is 3.03. The zero-order valence-corrected chi connectivity index (χ0v) is 11.2. The zero-order valence-electron chi connectivity index (χ0n) is 11.2. The molecule has 0 saturated carbocycles. The van der Waals surface area contributed by atoms with Crippen LogP contribution in [0.15, 0.2) is 12.1 Å². The van der Waals surface area contributed by atoms with Gasteiger partial charge in [-0.25, -0.2) is 8.78 Å². The summed E-state index contributed by atoms with van der Waals surface area (Å²) in [6.07, 6.45) is 0.736. The van der Waals surface area contributed by atoms with Crippen LogP contribution in [0.25, 0.3) is 0 Å². The maximum Gasteiger partial charge on any atom is 0.241 e. The number of rotatable bonds is 5. The van der Waals surface area contributed by atoms with Crippen LogP contribution in [0.5, 0.6) is 5.75 Å². The molecular formula is C13H18F2N2O2. The number of hydrogen-bond donors (Lipinski definition) is 2. The van der Waals surface area contributed by atoms with E-state index in [0.717, 1.165) is 18.6 Å². The summed E-state index contributed by atoms with van der Waals surface area (Å²) in [5, 5.41) is 2.39. The Bertz CT molecular complexity index is 443. The molecule has 1 rings (SSSR count). The minimum Gasteiger partial charge on any atom is -0.491 e. The molecular weight excluding hydrogens is 254 g/mol. The summed E-state index contributed by atoms with van der Waals surface area (Å²) in [5.41, 5.74) is 5.74. The Morgan fingerprint density at radius 1 is 1.42 bits per heavy atom. The van der Waals surface area contributed by atoms with Crippen LogP contribution in [0, 0.1) is 17.6 Å². The molecule has 0 spiro atoms. The van der Waals surface area contributed by atoms with Crippen molar-refractivity contribution in [2.24, 2.45) is 11.7 Å². The predicted molar refractivity (Wildman–Crippen MR) is 69.0 cm³/mol. The third kappa shape index (κ3) is 3.64. The number of nitrogens with one attached hydrogen (secondary N) is 1. The van der Waals surface area contributed by atoms with Gasteiger partial charge in [-0.1, -0.05) is 20.3 Å². The predicted octanol–water partition coefficient (Wildman–Crippen LogP) is 2.29. The maximum absolute atomic E-state index is 13.4. The Hall–Kier alpha value is -1.69. The fourth-order valence-corrected chi connectivity index (χ4v) is 1.57. The molecule has 0 fully saturated rings. The van der Waals surface area contributed by atoms with E-state index in [-0.39, 0.29) is 11.6 Å². The molecule has 2 unspecified atom stereocenters. The van der Waals surface area contributed by atoms with Crippen molar-refractivity contribution >= 4 is 11.6 Å². The fourth-order valence-electron chi connectivity index (χ4n) is 1.57. The summed E-state index contributed by atoms with van der Waals surface area (Å²) < 4.78 is 31.4. The highest BCUT2D eigenvalue weighted by Gasteiger charge is 2.20. The number of hydrogen-bond acceptors (Lipinski definition) is 3. The van der Waals surface area contributed by atoms with Gasteiger partial charge < -0.3 is 15.8 Å². The van der Waals surface area contributed by atoms with Gasteiger partial charge in [-0.05, 0) is 5.92 Å². The van der Waals surface area contributed by atoms with E-state index in [1.807, 2.05) is 13.8 Å².